The Bertz CT molecular complexity index is 1700. The van der Waals surface area contributed by atoms with Crippen molar-refractivity contribution in [3.8, 4) is 21.3 Å². The molecule has 1 radical (unpaired) electrons. The summed E-state index contributed by atoms with van der Waals surface area (Å²) in [5.74, 6) is -0.0625. The second-order valence-electron chi connectivity index (χ2n) is 8.16. The molecular formula is C30H22IrNO3Se-. The number of aromatic nitrogens is 1. The number of hydrogen-bond acceptors (Lipinski definition) is 4. The van der Waals surface area contributed by atoms with Gasteiger partial charge in [0.05, 0.1) is 5.76 Å². The SMILES string of the molecule is CC(=O)/C=C(/C)O.[Ir].[c-]1ccc2c(oc3ccccc32)c1-c1ccc2cc(-c3ccccc3)[se]c2n1. The molecule has 0 saturated heterocycles. The van der Waals surface area contributed by atoms with Gasteiger partial charge in [-0.3, -0.25) is 4.79 Å². The van der Waals surface area contributed by atoms with E-state index in [2.05, 4.69) is 66.7 Å². The van der Waals surface area contributed by atoms with Crippen molar-refractivity contribution in [2.75, 3.05) is 0 Å². The molecule has 4 nitrogen and oxygen atoms in total. The summed E-state index contributed by atoms with van der Waals surface area (Å²) in [5.41, 5.74) is 4.90. The maximum absolute atomic E-state index is 10.0. The molecule has 0 unspecified atom stereocenters. The molecule has 0 aliphatic heterocycles. The third-order valence-electron chi connectivity index (χ3n) is 5.45. The number of ketones is 1. The quantitative estimate of drug-likeness (QED) is 0.0901. The molecule has 3 aromatic heterocycles. The van der Waals surface area contributed by atoms with Crippen LogP contribution in [-0.4, -0.2) is 30.4 Å². The molecule has 0 spiro atoms. The number of carbonyl (C=O) groups excluding carboxylic acids is 1. The fourth-order valence-electron chi connectivity index (χ4n) is 3.98. The molecule has 3 aromatic carbocycles. The molecule has 1 N–H and O–H groups in total. The van der Waals surface area contributed by atoms with E-state index in [9.17, 15) is 4.79 Å². The summed E-state index contributed by atoms with van der Waals surface area (Å²) in [7, 11) is 0. The van der Waals surface area contributed by atoms with Gasteiger partial charge in [-0.05, 0) is 13.8 Å². The number of pyridine rings is 1. The van der Waals surface area contributed by atoms with Gasteiger partial charge in [-0.2, -0.15) is 0 Å². The molecule has 3 heterocycles. The van der Waals surface area contributed by atoms with E-state index in [-0.39, 0.29) is 46.2 Å². The average Bonchev–Trinajstić information content (AvgIpc) is 3.45. The van der Waals surface area contributed by atoms with E-state index in [0.29, 0.717) is 0 Å². The number of aliphatic hydroxyl groups is 1. The van der Waals surface area contributed by atoms with Gasteiger partial charge in [0.15, 0.2) is 5.78 Å². The van der Waals surface area contributed by atoms with Crippen molar-refractivity contribution in [1.82, 2.24) is 4.98 Å². The number of fused-ring (bicyclic) bond motifs is 4. The van der Waals surface area contributed by atoms with Crippen LogP contribution >= 0.6 is 0 Å². The first-order chi connectivity index (χ1) is 17.0. The number of carbonyl (C=O) groups is 1. The van der Waals surface area contributed by atoms with Crippen molar-refractivity contribution >= 4 is 52.0 Å². The molecule has 181 valence electrons. The normalized spacial score (nSPS) is 11.2. The van der Waals surface area contributed by atoms with Crippen LogP contribution in [0.15, 0.2) is 101 Å². The number of nitrogens with zero attached hydrogens (tertiary/aromatic N) is 1. The molecule has 0 atom stereocenters. The molecule has 0 bridgehead atoms. The number of allylic oxidation sites excluding steroid dienone is 2. The molecule has 0 aliphatic carbocycles. The second kappa shape index (κ2) is 11.2. The maximum atomic E-state index is 10.0. The van der Waals surface area contributed by atoms with E-state index >= 15 is 0 Å². The van der Waals surface area contributed by atoms with Crippen molar-refractivity contribution in [3.05, 3.63) is 103 Å². The molecular weight excluding hydrogens is 694 g/mol. The first-order valence-corrected chi connectivity index (χ1v) is 12.9. The Labute approximate surface area is 228 Å². The van der Waals surface area contributed by atoms with Crippen LogP contribution in [0.4, 0.5) is 0 Å². The molecule has 0 saturated carbocycles. The predicted octanol–water partition coefficient (Wildman–Crippen LogP) is 7.36. The minimum atomic E-state index is -0.125. The second-order valence-corrected chi connectivity index (χ2v) is 10.3. The third-order valence-corrected chi connectivity index (χ3v) is 7.74. The zero-order valence-corrected chi connectivity index (χ0v) is 23.7. The van der Waals surface area contributed by atoms with Crippen LogP contribution in [-0.2, 0) is 24.9 Å². The first kappa shape index (κ1) is 25.8. The van der Waals surface area contributed by atoms with E-state index in [1.807, 2.05) is 24.3 Å². The van der Waals surface area contributed by atoms with Gasteiger partial charge in [0.1, 0.15) is 0 Å². The molecule has 6 heteroatoms. The molecule has 6 aromatic rings. The summed E-state index contributed by atoms with van der Waals surface area (Å²) in [5, 5.41) is 11.8. The van der Waals surface area contributed by atoms with E-state index in [4.69, 9.17) is 14.5 Å². The molecule has 0 fully saturated rings. The minimum absolute atomic E-state index is 0. The van der Waals surface area contributed by atoms with Gasteiger partial charge in [0.2, 0.25) is 0 Å². The number of furan rings is 1. The van der Waals surface area contributed by atoms with E-state index < -0.39 is 0 Å². The third kappa shape index (κ3) is 5.43. The summed E-state index contributed by atoms with van der Waals surface area (Å²) < 4.78 is 8.71. The van der Waals surface area contributed by atoms with Crippen molar-refractivity contribution in [1.29, 1.82) is 0 Å². The Balaban J connectivity index is 0.000000338. The van der Waals surface area contributed by atoms with Gasteiger partial charge in [-0.25, -0.2) is 0 Å². The number of rotatable bonds is 3. The van der Waals surface area contributed by atoms with Crippen LogP contribution in [0.25, 0.3) is 53.0 Å². The van der Waals surface area contributed by atoms with E-state index in [0.717, 1.165) is 33.2 Å². The molecule has 0 aliphatic rings. The van der Waals surface area contributed by atoms with Crippen LogP contribution in [0.1, 0.15) is 13.8 Å². The zero-order valence-electron chi connectivity index (χ0n) is 19.6. The number of aliphatic hydroxyl groups excluding tert-OH is 1. The van der Waals surface area contributed by atoms with Crippen molar-refractivity contribution in [2.24, 2.45) is 0 Å². The van der Waals surface area contributed by atoms with Gasteiger partial charge in [-0.15, -0.1) is 0 Å². The van der Waals surface area contributed by atoms with Gasteiger partial charge in [-0.1, -0.05) is 0 Å². The van der Waals surface area contributed by atoms with Crippen molar-refractivity contribution in [2.45, 2.75) is 13.8 Å². The topological polar surface area (TPSA) is 63.3 Å². The van der Waals surface area contributed by atoms with E-state index in [1.54, 1.807) is 0 Å². The van der Waals surface area contributed by atoms with Gasteiger partial charge in [0.25, 0.3) is 0 Å². The Morgan fingerprint density at radius 1 is 0.972 bits per heavy atom. The Kier molecular flexibility index (Phi) is 8.03. The van der Waals surface area contributed by atoms with Gasteiger partial charge >= 0.3 is 168 Å². The van der Waals surface area contributed by atoms with Crippen molar-refractivity contribution in [3.63, 3.8) is 0 Å². The fourth-order valence-corrected chi connectivity index (χ4v) is 6.15. The molecule has 36 heavy (non-hydrogen) atoms. The molecule has 0 amide bonds. The standard InChI is InChI=1S/C25H14NOSe.C5H8O2.Ir/c1-2-7-16(8-3-1)23-15-17-13-14-21(26-25(17)28-23)20-11-6-10-19-18-9-4-5-12-22(18)27-24(19)20;1-4(6)3-5(2)7;/h1-10,12-15H;3,6H,1-2H3;/q-1;;/b;4-3-;. The number of para-hydroxylation sites is 1. The Morgan fingerprint density at radius 3 is 2.44 bits per heavy atom. The number of hydrogen-bond donors (Lipinski definition) is 1. The fraction of sp³-hybridized carbons (Fsp3) is 0.0667. The van der Waals surface area contributed by atoms with Gasteiger partial charge < -0.3 is 5.11 Å². The monoisotopic (exact) mass is 717 g/mol. The van der Waals surface area contributed by atoms with E-state index in [1.165, 1.54) is 39.7 Å². The van der Waals surface area contributed by atoms with Crippen LogP contribution in [0, 0.1) is 6.07 Å². The number of benzene rings is 3. The average molecular weight is 716 g/mol. The van der Waals surface area contributed by atoms with Crippen molar-refractivity contribution < 1.29 is 34.4 Å². The van der Waals surface area contributed by atoms with Crippen LogP contribution in [0.2, 0.25) is 0 Å². The molecule has 6 rings (SSSR count). The van der Waals surface area contributed by atoms with Gasteiger partial charge in [0, 0.05) is 26.2 Å². The van der Waals surface area contributed by atoms with Crippen LogP contribution in [0.5, 0.6) is 0 Å². The Hall–Kier alpha value is -3.27. The summed E-state index contributed by atoms with van der Waals surface area (Å²) in [6, 6.07) is 32.6. The zero-order chi connectivity index (χ0) is 24.4. The summed E-state index contributed by atoms with van der Waals surface area (Å²) in [6.45, 7) is 2.85. The summed E-state index contributed by atoms with van der Waals surface area (Å²) in [4.78, 5) is 15.0. The van der Waals surface area contributed by atoms with Crippen LogP contribution in [0.3, 0.4) is 0 Å². The summed E-state index contributed by atoms with van der Waals surface area (Å²) >= 11 is 0.203. The predicted molar refractivity (Wildman–Crippen MR) is 143 cm³/mol. The van der Waals surface area contributed by atoms with Crippen LogP contribution < -0.4 is 0 Å². The Morgan fingerprint density at radius 2 is 1.72 bits per heavy atom. The summed E-state index contributed by atoms with van der Waals surface area (Å²) in [6.07, 6.45) is 1.17. The first-order valence-electron chi connectivity index (χ1n) is 11.2.